The van der Waals surface area contributed by atoms with E-state index in [0.29, 0.717) is 0 Å². The monoisotopic (exact) mass is 446 g/mol. The van der Waals surface area contributed by atoms with Gasteiger partial charge in [0.15, 0.2) is 0 Å². The molecule has 0 aromatic heterocycles. The first-order chi connectivity index (χ1) is 15.1. The smallest absolute Gasteiger partial charge is 0.408 e. The highest BCUT2D eigenvalue weighted by molar-refractivity contribution is 5.92. The summed E-state index contributed by atoms with van der Waals surface area (Å²) in [5, 5.41) is 13.4. The van der Waals surface area contributed by atoms with Gasteiger partial charge in [0.25, 0.3) is 0 Å². The summed E-state index contributed by atoms with van der Waals surface area (Å²) in [4.78, 5) is 35.9. The molecule has 0 radical (unpaired) electrons. The van der Waals surface area contributed by atoms with Crippen LogP contribution in [0.5, 0.6) is 0 Å². The van der Waals surface area contributed by atoms with Crippen molar-refractivity contribution < 1.29 is 33.0 Å². The number of carbonyl (C=O) groups is 3. The first-order valence-electron chi connectivity index (χ1n) is 10.0. The van der Waals surface area contributed by atoms with E-state index in [1.165, 1.54) is 13.8 Å². The number of alkyl carbamates (subject to hydrolysis) is 1. The molecule has 0 aliphatic heterocycles. The van der Waals surface area contributed by atoms with E-state index in [2.05, 4.69) is 5.32 Å². The Hall–Kier alpha value is -3.49. The number of hydrogen-bond donors (Lipinski definition) is 3. The Labute approximate surface area is 183 Å². The molecular formula is C23H24F2N2O5. The van der Waals surface area contributed by atoms with Gasteiger partial charge in [0.05, 0.1) is 0 Å². The number of fused-ring (bicyclic) bond motifs is 3. The van der Waals surface area contributed by atoms with Crippen molar-refractivity contribution in [1.29, 1.82) is 0 Å². The average Bonchev–Trinajstić information content (AvgIpc) is 3.05. The molecule has 1 aliphatic rings. The predicted molar refractivity (Wildman–Crippen MR) is 112 cm³/mol. The molecule has 3 rings (SSSR count). The van der Waals surface area contributed by atoms with Gasteiger partial charge in [0.1, 0.15) is 18.2 Å². The van der Waals surface area contributed by atoms with Crippen LogP contribution in [0.25, 0.3) is 11.1 Å². The molecule has 2 amide bonds. The molecule has 7 nitrogen and oxygen atoms in total. The molecular weight excluding hydrogens is 422 g/mol. The molecule has 0 spiro atoms. The highest BCUT2D eigenvalue weighted by Crippen LogP contribution is 2.44. The third kappa shape index (κ3) is 5.04. The summed E-state index contributed by atoms with van der Waals surface area (Å²) in [6.07, 6.45) is -4.83. The fourth-order valence-electron chi connectivity index (χ4n) is 3.68. The number of hydrogen-bond acceptors (Lipinski definition) is 4. The number of alkyl halides is 2. The largest absolute Gasteiger partial charge is 0.480 e. The Morgan fingerprint density at radius 1 is 1.03 bits per heavy atom. The average molecular weight is 446 g/mol. The highest BCUT2D eigenvalue weighted by Gasteiger charge is 2.35. The summed E-state index contributed by atoms with van der Waals surface area (Å²) < 4.78 is 30.5. The lowest BCUT2D eigenvalue weighted by Gasteiger charge is -2.27. The van der Waals surface area contributed by atoms with E-state index in [4.69, 9.17) is 9.84 Å². The number of halogens is 2. The molecule has 0 bridgehead atoms. The van der Waals surface area contributed by atoms with Gasteiger partial charge in [-0.3, -0.25) is 4.79 Å². The third-order valence-electron chi connectivity index (χ3n) is 5.34. The zero-order chi connectivity index (χ0) is 23.5. The van der Waals surface area contributed by atoms with E-state index in [0.717, 1.165) is 22.3 Å². The molecule has 1 atom stereocenters. The minimum Gasteiger partial charge on any atom is -0.480 e. The van der Waals surface area contributed by atoms with Crippen molar-refractivity contribution in [2.24, 2.45) is 0 Å². The summed E-state index contributed by atoms with van der Waals surface area (Å²) in [6.45, 7) is 2.68. The number of ether oxygens (including phenoxy) is 1. The van der Waals surface area contributed by atoms with Gasteiger partial charge in [-0.1, -0.05) is 48.5 Å². The molecule has 3 N–H and O–H groups in total. The number of nitrogens with one attached hydrogen (secondary N) is 2. The van der Waals surface area contributed by atoms with Gasteiger partial charge in [-0.05, 0) is 36.1 Å². The van der Waals surface area contributed by atoms with E-state index >= 15 is 0 Å². The lowest BCUT2D eigenvalue weighted by atomic mass is 9.98. The molecule has 0 heterocycles. The molecule has 170 valence electrons. The molecule has 2 aromatic carbocycles. The topological polar surface area (TPSA) is 105 Å². The van der Waals surface area contributed by atoms with Gasteiger partial charge < -0.3 is 20.5 Å². The van der Waals surface area contributed by atoms with Crippen LogP contribution in [0, 0.1) is 0 Å². The summed E-state index contributed by atoms with van der Waals surface area (Å²) in [5.41, 5.74) is 2.59. The van der Waals surface area contributed by atoms with Crippen LogP contribution in [0.2, 0.25) is 0 Å². The second-order valence-corrected chi connectivity index (χ2v) is 8.07. The minimum atomic E-state index is -2.91. The molecule has 9 heteroatoms. The number of carboxylic acids is 1. The molecule has 0 saturated carbocycles. The van der Waals surface area contributed by atoms with Gasteiger partial charge in [0, 0.05) is 12.3 Å². The molecule has 1 aliphatic carbocycles. The second-order valence-electron chi connectivity index (χ2n) is 8.07. The van der Waals surface area contributed by atoms with Crippen LogP contribution < -0.4 is 10.6 Å². The maximum atomic E-state index is 12.6. The van der Waals surface area contributed by atoms with Crippen molar-refractivity contribution in [3.8, 4) is 11.1 Å². The maximum Gasteiger partial charge on any atom is 0.408 e. The lowest BCUT2D eigenvalue weighted by molar-refractivity contribution is -0.143. The standard InChI is InChI=1S/C23H24F2N2O5/c1-23(2,21(30)26-18(20(28)29)11-19(24)25)27-22(31)32-12-17-15-9-5-3-7-13(15)14-8-4-6-10-16(14)17/h3-10,17-19H,11-12H2,1-2H3,(H,26,30)(H,27,31)(H,28,29). The van der Waals surface area contributed by atoms with Crippen molar-refractivity contribution in [3.05, 3.63) is 59.7 Å². The van der Waals surface area contributed by atoms with E-state index < -0.39 is 42.4 Å². The summed E-state index contributed by atoms with van der Waals surface area (Å²) in [5.74, 6) is -2.68. The number of carboxylic acid groups (broad SMARTS) is 1. The van der Waals surface area contributed by atoms with Gasteiger partial charge in [-0.25, -0.2) is 18.4 Å². The third-order valence-corrected chi connectivity index (χ3v) is 5.34. The van der Waals surface area contributed by atoms with Crippen molar-refractivity contribution in [1.82, 2.24) is 10.6 Å². The van der Waals surface area contributed by atoms with E-state index in [1.807, 2.05) is 53.8 Å². The van der Waals surface area contributed by atoms with Crippen LogP contribution in [-0.2, 0) is 14.3 Å². The Balaban J connectivity index is 1.63. The second kappa shape index (κ2) is 9.33. The fraction of sp³-hybridized carbons (Fsp3) is 0.348. The number of rotatable bonds is 8. The molecule has 0 saturated heterocycles. The Morgan fingerprint density at radius 2 is 1.56 bits per heavy atom. The van der Waals surface area contributed by atoms with Crippen LogP contribution in [0.3, 0.4) is 0 Å². The van der Waals surface area contributed by atoms with Gasteiger partial charge in [-0.15, -0.1) is 0 Å². The van der Waals surface area contributed by atoms with Crippen molar-refractivity contribution in [3.63, 3.8) is 0 Å². The van der Waals surface area contributed by atoms with Crippen molar-refractivity contribution in [2.45, 2.75) is 44.2 Å². The van der Waals surface area contributed by atoms with Gasteiger partial charge >= 0.3 is 12.1 Å². The zero-order valence-corrected chi connectivity index (χ0v) is 17.6. The molecule has 2 aromatic rings. The number of aliphatic carboxylic acids is 1. The SMILES string of the molecule is CC(C)(NC(=O)OCC1c2ccccc2-c2ccccc21)C(=O)NC(CC(F)F)C(=O)O. The van der Waals surface area contributed by atoms with Crippen molar-refractivity contribution >= 4 is 18.0 Å². The predicted octanol–water partition coefficient (Wildman–Crippen LogP) is 3.53. The van der Waals surface area contributed by atoms with Crippen LogP contribution >= 0.6 is 0 Å². The summed E-state index contributed by atoms with van der Waals surface area (Å²) in [6, 6.07) is 13.8. The number of benzene rings is 2. The molecule has 32 heavy (non-hydrogen) atoms. The number of amides is 2. The highest BCUT2D eigenvalue weighted by atomic mass is 19.3. The maximum absolute atomic E-state index is 12.6. The normalized spacial score (nSPS) is 13.8. The number of carbonyl (C=O) groups excluding carboxylic acids is 2. The van der Waals surface area contributed by atoms with Crippen LogP contribution in [0.4, 0.5) is 13.6 Å². The summed E-state index contributed by atoms with van der Waals surface area (Å²) in [7, 11) is 0. The lowest BCUT2D eigenvalue weighted by Crippen LogP contribution is -2.58. The Bertz CT molecular complexity index is 979. The quantitative estimate of drug-likeness (QED) is 0.576. The van der Waals surface area contributed by atoms with Gasteiger partial charge in [0.2, 0.25) is 12.3 Å². The first-order valence-corrected chi connectivity index (χ1v) is 10.0. The Kier molecular flexibility index (Phi) is 6.76. The van der Waals surface area contributed by atoms with E-state index in [1.54, 1.807) is 0 Å². The van der Waals surface area contributed by atoms with Crippen molar-refractivity contribution in [2.75, 3.05) is 6.61 Å². The van der Waals surface area contributed by atoms with Crippen LogP contribution in [0.1, 0.15) is 37.3 Å². The van der Waals surface area contributed by atoms with E-state index in [-0.39, 0.29) is 12.5 Å². The molecule has 0 fully saturated rings. The molecule has 1 unspecified atom stereocenters. The van der Waals surface area contributed by atoms with Crippen LogP contribution in [0.15, 0.2) is 48.5 Å². The van der Waals surface area contributed by atoms with Crippen LogP contribution in [-0.4, -0.2) is 47.7 Å². The first kappa shape index (κ1) is 23.2. The Morgan fingerprint density at radius 3 is 2.06 bits per heavy atom. The fourth-order valence-corrected chi connectivity index (χ4v) is 3.68. The van der Waals surface area contributed by atoms with E-state index in [9.17, 15) is 23.2 Å². The summed E-state index contributed by atoms with van der Waals surface area (Å²) >= 11 is 0. The zero-order valence-electron chi connectivity index (χ0n) is 17.6. The minimum absolute atomic E-state index is 0.0285. The van der Waals surface area contributed by atoms with Gasteiger partial charge in [-0.2, -0.15) is 0 Å².